The molecule has 1 fully saturated rings. The molecule has 0 aromatic heterocycles. The zero-order chi connectivity index (χ0) is 12.5. The van der Waals surface area contributed by atoms with E-state index in [1.165, 1.54) is 6.07 Å². The van der Waals surface area contributed by atoms with Gasteiger partial charge in [-0.05, 0) is 51.3 Å². The van der Waals surface area contributed by atoms with E-state index in [0.29, 0.717) is 11.6 Å². The zero-order valence-electron chi connectivity index (χ0n) is 10.6. The van der Waals surface area contributed by atoms with Crippen LogP contribution in [0.3, 0.4) is 0 Å². The molecule has 1 heterocycles. The highest BCUT2D eigenvalue weighted by Gasteiger charge is 2.35. The van der Waals surface area contributed by atoms with Crippen LogP contribution in [0, 0.1) is 11.7 Å². The summed E-state index contributed by atoms with van der Waals surface area (Å²) in [6, 6.07) is 7.02. The first kappa shape index (κ1) is 12.4. The quantitative estimate of drug-likeness (QED) is 0.855. The molecule has 94 valence electrons. The first-order valence-electron chi connectivity index (χ1n) is 6.27. The molecule has 0 bridgehead atoms. The van der Waals surface area contributed by atoms with Crippen molar-refractivity contribution in [1.82, 2.24) is 0 Å². The van der Waals surface area contributed by atoms with E-state index in [1.54, 1.807) is 6.07 Å². The van der Waals surface area contributed by atoms with Gasteiger partial charge in [0.25, 0.3) is 0 Å². The fourth-order valence-electron chi connectivity index (χ4n) is 2.85. The van der Waals surface area contributed by atoms with Gasteiger partial charge in [0.05, 0.1) is 5.69 Å². The lowest BCUT2D eigenvalue weighted by Crippen LogP contribution is -2.51. The summed E-state index contributed by atoms with van der Waals surface area (Å²) in [4.78, 5) is 2.18. The molecule has 2 N–H and O–H groups in total. The third-order valence-electron chi connectivity index (χ3n) is 3.76. The topological polar surface area (TPSA) is 29.3 Å². The summed E-state index contributed by atoms with van der Waals surface area (Å²) in [5, 5.41) is 0. The number of para-hydroxylation sites is 1. The standard InChI is InChI=1S/C14H21FN2/c1-14(2)9-11(10-16)7-8-17(14)13-6-4-3-5-12(13)15/h3-6,11H,7-10,16H2,1-2H3. The number of anilines is 1. The molecule has 0 aliphatic carbocycles. The van der Waals surface area contributed by atoms with Crippen LogP contribution in [0.5, 0.6) is 0 Å². The SMILES string of the molecule is CC1(C)CC(CN)CCN1c1ccccc1F. The fraction of sp³-hybridized carbons (Fsp3) is 0.571. The van der Waals surface area contributed by atoms with Crippen molar-refractivity contribution in [3.05, 3.63) is 30.1 Å². The van der Waals surface area contributed by atoms with Gasteiger partial charge in [-0.25, -0.2) is 4.39 Å². The van der Waals surface area contributed by atoms with Gasteiger partial charge in [-0.15, -0.1) is 0 Å². The zero-order valence-corrected chi connectivity index (χ0v) is 10.6. The van der Waals surface area contributed by atoms with Gasteiger partial charge in [0, 0.05) is 12.1 Å². The molecule has 1 atom stereocenters. The van der Waals surface area contributed by atoms with Crippen LogP contribution in [0.15, 0.2) is 24.3 Å². The number of nitrogens with zero attached hydrogens (tertiary/aromatic N) is 1. The molecule has 1 aliphatic heterocycles. The third-order valence-corrected chi connectivity index (χ3v) is 3.76. The predicted molar refractivity (Wildman–Crippen MR) is 69.6 cm³/mol. The second-order valence-corrected chi connectivity index (χ2v) is 5.51. The third kappa shape index (κ3) is 2.44. The molecule has 1 aromatic carbocycles. The Kier molecular flexibility index (Phi) is 3.38. The van der Waals surface area contributed by atoms with Gasteiger partial charge in [0.1, 0.15) is 5.82 Å². The number of hydrogen-bond acceptors (Lipinski definition) is 2. The second kappa shape index (κ2) is 4.65. The van der Waals surface area contributed by atoms with Crippen molar-refractivity contribution in [3.63, 3.8) is 0 Å². The highest BCUT2D eigenvalue weighted by molar-refractivity contribution is 5.50. The Labute approximate surface area is 103 Å². The van der Waals surface area contributed by atoms with Crippen molar-refractivity contribution < 1.29 is 4.39 Å². The Morgan fingerprint density at radius 2 is 2.12 bits per heavy atom. The average molecular weight is 236 g/mol. The van der Waals surface area contributed by atoms with E-state index in [0.717, 1.165) is 25.9 Å². The molecule has 1 aliphatic rings. The van der Waals surface area contributed by atoms with E-state index in [4.69, 9.17) is 5.73 Å². The number of rotatable bonds is 2. The van der Waals surface area contributed by atoms with E-state index in [-0.39, 0.29) is 11.4 Å². The highest BCUT2D eigenvalue weighted by atomic mass is 19.1. The molecule has 0 radical (unpaired) electrons. The molecule has 0 amide bonds. The first-order chi connectivity index (χ1) is 8.04. The lowest BCUT2D eigenvalue weighted by atomic mass is 9.82. The summed E-state index contributed by atoms with van der Waals surface area (Å²) in [5.74, 6) is 0.430. The molecule has 2 nitrogen and oxygen atoms in total. The summed E-state index contributed by atoms with van der Waals surface area (Å²) >= 11 is 0. The van der Waals surface area contributed by atoms with Crippen LogP contribution >= 0.6 is 0 Å². The van der Waals surface area contributed by atoms with E-state index >= 15 is 0 Å². The Hall–Kier alpha value is -1.09. The van der Waals surface area contributed by atoms with Gasteiger partial charge in [0.2, 0.25) is 0 Å². The van der Waals surface area contributed by atoms with Gasteiger partial charge in [0.15, 0.2) is 0 Å². The predicted octanol–water partition coefficient (Wildman–Crippen LogP) is 2.78. The Balaban J connectivity index is 2.25. The van der Waals surface area contributed by atoms with Crippen molar-refractivity contribution in [3.8, 4) is 0 Å². The van der Waals surface area contributed by atoms with Crippen LogP contribution in [0.4, 0.5) is 10.1 Å². The van der Waals surface area contributed by atoms with Crippen LogP contribution in [-0.2, 0) is 0 Å². The number of benzene rings is 1. The minimum absolute atomic E-state index is 0.0233. The summed E-state index contributed by atoms with van der Waals surface area (Å²) in [5.41, 5.74) is 6.44. The highest BCUT2D eigenvalue weighted by Crippen LogP contribution is 2.35. The molecule has 2 rings (SSSR count). The van der Waals surface area contributed by atoms with Gasteiger partial charge in [-0.3, -0.25) is 0 Å². The average Bonchev–Trinajstić information content (AvgIpc) is 2.29. The lowest BCUT2D eigenvalue weighted by Gasteiger charge is -2.47. The Morgan fingerprint density at radius 3 is 2.71 bits per heavy atom. The fourth-order valence-corrected chi connectivity index (χ4v) is 2.85. The maximum Gasteiger partial charge on any atom is 0.146 e. The largest absolute Gasteiger partial charge is 0.364 e. The molecule has 17 heavy (non-hydrogen) atoms. The maximum absolute atomic E-state index is 13.8. The van der Waals surface area contributed by atoms with E-state index in [9.17, 15) is 4.39 Å². The minimum atomic E-state index is -0.133. The van der Waals surface area contributed by atoms with Crippen molar-refractivity contribution in [2.24, 2.45) is 11.7 Å². The van der Waals surface area contributed by atoms with Gasteiger partial charge >= 0.3 is 0 Å². The number of halogens is 1. The van der Waals surface area contributed by atoms with Crippen LogP contribution in [0.25, 0.3) is 0 Å². The summed E-state index contributed by atoms with van der Waals surface area (Å²) in [7, 11) is 0. The number of nitrogens with two attached hydrogens (primary N) is 1. The molecule has 0 spiro atoms. The molecular weight excluding hydrogens is 215 g/mol. The molecule has 1 unspecified atom stereocenters. The maximum atomic E-state index is 13.8. The summed E-state index contributed by atoms with van der Waals surface area (Å²) < 4.78 is 13.8. The van der Waals surface area contributed by atoms with Crippen molar-refractivity contribution in [2.75, 3.05) is 18.0 Å². The van der Waals surface area contributed by atoms with Crippen LogP contribution in [0.1, 0.15) is 26.7 Å². The van der Waals surface area contributed by atoms with Gasteiger partial charge in [-0.1, -0.05) is 12.1 Å². The number of piperidine rings is 1. The Morgan fingerprint density at radius 1 is 1.41 bits per heavy atom. The van der Waals surface area contributed by atoms with Crippen molar-refractivity contribution >= 4 is 5.69 Å². The van der Waals surface area contributed by atoms with Crippen LogP contribution < -0.4 is 10.6 Å². The van der Waals surface area contributed by atoms with Gasteiger partial charge in [-0.2, -0.15) is 0 Å². The van der Waals surface area contributed by atoms with Crippen LogP contribution in [0.2, 0.25) is 0 Å². The smallest absolute Gasteiger partial charge is 0.146 e. The first-order valence-corrected chi connectivity index (χ1v) is 6.27. The summed E-state index contributed by atoms with van der Waals surface area (Å²) in [6.07, 6.45) is 2.08. The van der Waals surface area contributed by atoms with E-state index in [1.807, 2.05) is 12.1 Å². The van der Waals surface area contributed by atoms with Crippen molar-refractivity contribution in [1.29, 1.82) is 0 Å². The minimum Gasteiger partial charge on any atom is -0.364 e. The lowest BCUT2D eigenvalue weighted by molar-refractivity contribution is 0.277. The van der Waals surface area contributed by atoms with Crippen LogP contribution in [-0.4, -0.2) is 18.6 Å². The van der Waals surface area contributed by atoms with E-state index < -0.39 is 0 Å². The molecular formula is C14H21FN2. The normalized spacial score (nSPS) is 23.8. The Bertz CT molecular complexity index is 390. The summed E-state index contributed by atoms with van der Waals surface area (Å²) in [6.45, 7) is 5.95. The molecule has 3 heteroatoms. The van der Waals surface area contributed by atoms with Gasteiger partial charge < -0.3 is 10.6 Å². The molecule has 1 aromatic rings. The monoisotopic (exact) mass is 236 g/mol. The second-order valence-electron chi connectivity index (χ2n) is 5.51. The van der Waals surface area contributed by atoms with Crippen molar-refractivity contribution in [2.45, 2.75) is 32.2 Å². The van der Waals surface area contributed by atoms with E-state index in [2.05, 4.69) is 18.7 Å². The molecule has 0 saturated carbocycles. The molecule has 1 saturated heterocycles. The number of hydrogen-bond donors (Lipinski definition) is 1.